The molecule has 0 aliphatic rings. The van der Waals surface area contributed by atoms with Crippen LogP contribution in [-0.2, 0) is 10.7 Å². The first-order chi connectivity index (χ1) is 7.27. The molecule has 0 heterocycles. The maximum Gasteiger partial charge on any atom is 0.168 e. The first-order valence-electron chi connectivity index (χ1n) is 4.57. The first kappa shape index (κ1) is 9.93. The summed E-state index contributed by atoms with van der Waals surface area (Å²) >= 11 is 0. The number of hydrogen-bond acceptors (Lipinski definition) is 2. The zero-order valence-corrected chi connectivity index (χ0v) is 8.85. The van der Waals surface area contributed by atoms with Gasteiger partial charge in [0.05, 0.1) is 4.90 Å². The van der Waals surface area contributed by atoms with Crippen LogP contribution in [0.15, 0.2) is 59.5 Å². The Kier molecular flexibility index (Phi) is 2.83. The molecule has 0 saturated carbocycles. The molecule has 2 aromatic carbocycles. The van der Waals surface area contributed by atoms with Crippen LogP contribution in [0.4, 0.5) is 0 Å². The molecular weight excluding hydrogens is 208 g/mol. The molecule has 0 unspecified atom stereocenters. The third-order valence-electron chi connectivity index (χ3n) is 2.16. The summed E-state index contributed by atoms with van der Waals surface area (Å²) in [5.41, 5.74) is 1.95. The molecule has 3 heteroatoms. The van der Waals surface area contributed by atoms with Gasteiger partial charge in [0.15, 0.2) is 10.7 Å². The van der Waals surface area contributed by atoms with E-state index in [2.05, 4.69) is 0 Å². The van der Waals surface area contributed by atoms with Gasteiger partial charge in [0.2, 0.25) is 0 Å². The maximum absolute atomic E-state index is 10.8. The summed E-state index contributed by atoms with van der Waals surface area (Å²) < 4.78 is 21.6. The Bertz CT molecular complexity index is 522. The van der Waals surface area contributed by atoms with Crippen LogP contribution in [-0.4, -0.2) is 8.42 Å². The average Bonchev–Trinajstić information content (AvgIpc) is 2.30. The Hall–Kier alpha value is -1.61. The Balaban J connectivity index is 2.51. The van der Waals surface area contributed by atoms with Gasteiger partial charge < -0.3 is 0 Å². The van der Waals surface area contributed by atoms with Gasteiger partial charge in [-0.25, -0.2) is 8.42 Å². The number of benzene rings is 2. The topological polar surface area (TPSA) is 34.1 Å². The highest BCUT2D eigenvalue weighted by Gasteiger charge is 1.99. The molecule has 0 amide bonds. The second-order valence-electron chi connectivity index (χ2n) is 3.17. The van der Waals surface area contributed by atoms with Crippen molar-refractivity contribution in [1.82, 2.24) is 0 Å². The molecule has 2 nitrogen and oxygen atoms in total. The van der Waals surface area contributed by atoms with Gasteiger partial charge in [-0.2, -0.15) is 0 Å². The molecule has 0 aliphatic carbocycles. The van der Waals surface area contributed by atoms with E-state index in [-0.39, 0.29) is 0 Å². The van der Waals surface area contributed by atoms with E-state index < -0.39 is 10.7 Å². The third-order valence-corrected chi connectivity index (χ3v) is 2.86. The minimum absolute atomic E-state index is 0.353. The third kappa shape index (κ3) is 2.25. The van der Waals surface area contributed by atoms with Gasteiger partial charge >= 0.3 is 0 Å². The van der Waals surface area contributed by atoms with Gasteiger partial charge in [0.1, 0.15) is 0 Å². The first-order valence-corrected chi connectivity index (χ1v) is 5.75. The highest BCUT2D eigenvalue weighted by Crippen LogP contribution is 2.20. The van der Waals surface area contributed by atoms with Gasteiger partial charge in [0, 0.05) is 0 Å². The fourth-order valence-corrected chi connectivity index (χ4v) is 1.88. The van der Waals surface area contributed by atoms with E-state index in [1.54, 1.807) is 18.2 Å². The smallest absolute Gasteiger partial charge is 0.168 e. The molecule has 0 fully saturated rings. The normalized spacial score (nSPS) is 10.5. The molecule has 0 bridgehead atoms. The lowest BCUT2D eigenvalue weighted by Gasteiger charge is -2.01. The second kappa shape index (κ2) is 4.28. The van der Waals surface area contributed by atoms with Crippen molar-refractivity contribution in [3.8, 4) is 11.1 Å². The zero-order valence-electron chi connectivity index (χ0n) is 7.96. The van der Waals surface area contributed by atoms with E-state index in [0.29, 0.717) is 4.90 Å². The lowest BCUT2D eigenvalue weighted by Crippen LogP contribution is -1.82. The monoisotopic (exact) mass is 218 g/mol. The number of rotatable bonds is 2. The Morgan fingerprint density at radius 3 is 2.07 bits per heavy atom. The minimum atomic E-state index is -2.50. The second-order valence-corrected chi connectivity index (χ2v) is 4.20. The van der Waals surface area contributed by atoms with E-state index >= 15 is 0 Å². The molecule has 0 N–H and O–H groups in total. The van der Waals surface area contributed by atoms with Crippen molar-refractivity contribution in [2.75, 3.05) is 0 Å². The van der Waals surface area contributed by atoms with E-state index in [1.165, 1.54) is 0 Å². The van der Waals surface area contributed by atoms with Crippen LogP contribution in [0.25, 0.3) is 11.1 Å². The van der Waals surface area contributed by atoms with Crippen molar-refractivity contribution >= 4 is 10.7 Å². The zero-order chi connectivity index (χ0) is 10.7. The molecule has 2 rings (SSSR count). The highest BCUT2D eigenvalue weighted by molar-refractivity contribution is 7.72. The quantitative estimate of drug-likeness (QED) is 0.785. The summed E-state index contributed by atoms with van der Waals surface area (Å²) in [6.07, 6.45) is 0. The van der Waals surface area contributed by atoms with Crippen LogP contribution in [0.2, 0.25) is 0 Å². The fourth-order valence-electron chi connectivity index (χ4n) is 1.43. The lowest BCUT2D eigenvalue weighted by molar-refractivity contribution is 0.614. The van der Waals surface area contributed by atoms with E-state index in [4.69, 9.17) is 0 Å². The standard InChI is InChI=1S/C12H10O2S/c13-15(14)12-8-4-7-11(9-12)10-5-2-1-3-6-10/h1-9,15H. The SMILES string of the molecule is O=[SH](=O)c1cccc(-c2ccccc2)c1. The van der Waals surface area contributed by atoms with E-state index in [1.807, 2.05) is 36.4 Å². The van der Waals surface area contributed by atoms with Gasteiger partial charge in [0.25, 0.3) is 0 Å². The summed E-state index contributed by atoms with van der Waals surface area (Å²) in [7, 11) is -2.50. The van der Waals surface area contributed by atoms with Crippen molar-refractivity contribution in [1.29, 1.82) is 0 Å². The molecule has 0 aromatic heterocycles. The largest absolute Gasteiger partial charge is 0.227 e. The molecule has 76 valence electrons. The van der Waals surface area contributed by atoms with Crippen LogP contribution in [0, 0.1) is 0 Å². The predicted molar refractivity (Wildman–Crippen MR) is 60.5 cm³/mol. The summed E-state index contributed by atoms with van der Waals surface area (Å²) in [5, 5.41) is 0. The van der Waals surface area contributed by atoms with Crippen LogP contribution in [0.5, 0.6) is 0 Å². The number of hydrogen-bond donors (Lipinski definition) is 1. The van der Waals surface area contributed by atoms with Crippen molar-refractivity contribution < 1.29 is 8.42 Å². The van der Waals surface area contributed by atoms with E-state index in [0.717, 1.165) is 11.1 Å². The van der Waals surface area contributed by atoms with Crippen molar-refractivity contribution in [2.45, 2.75) is 4.90 Å². The summed E-state index contributed by atoms with van der Waals surface area (Å²) in [6, 6.07) is 16.6. The Morgan fingerprint density at radius 2 is 1.40 bits per heavy atom. The van der Waals surface area contributed by atoms with Gasteiger partial charge in [-0.3, -0.25) is 0 Å². The molecule has 0 atom stereocenters. The van der Waals surface area contributed by atoms with Gasteiger partial charge in [-0.05, 0) is 23.3 Å². The van der Waals surface area contributed by atoms with Crippen LogP contribution in [0.3, 0.4) is 0 Å². The molecule has 2 aromatic rings. The van der Waals surface area contributed by atoms with Crippen molar-refractivity contribution in [3.05, 3.63) is 54.6 Å². The fraction of sp³-hybridized carbons (Fsp3) is 0. The summed E-state index contributed by atoms with van der Waals surface area (Å²) in [4.78, 5) is 0.353. The maximum atomic E-state index is 10.8. The van der Waals surface area contributed by atoms with Gasteiger partial charge in [-0.1, -0.05) is 42.5 Å². The lowest BCUT2D eigenvalue weighted by atomic mass is 10.1. The number of thiol groups is 1. The average molecular weight is 218 g/mol. The summed E-state index contributed by atoms with van der Waals surface area (Å²) in [5.74, 6) is 0. The Morgan fingerprint density at radius 1 is 0.733 bits per heavy atom. The minimum Gasteiger partial charge on any atom is -0.227 e. The van der Waals surface area contributed by atoms with Crippen LogP contribution < -0.4 is 0 Å². The van der Waals surface area contributed by atoms with Crippen molar-refractivity contribution in [3.63, 3.8) is 0 Å². The van der Waals surface area contributed by atoms with Crippen LogP contribution in [0.1, 0.15) is 0 Å². The molecular formula is C12H10O2S. The molecule has 0 aliphatic heterocycles. The van der Waals surface area contributed by atoms with E-state index in [9.17, 15) is 8.42 Å². The predicted octanol–water partition coefficient (Wildman–Crippen LogP) is 2.32. The van der Waals surface area contributed by atoms with Crippen LogP contribution >= 0.6 is 0 Å². The van der Waals surface area contributed by atoms with Gasteiger partial charge in [-0.15, -0.1) is 0 Å². The molecule has 0 radical (unpaired) electrons. The molecule has 0 saturated heterocycles. The Labute approximate surface area is 90.1 Å². The van der Waals surface area contributed by atoms with Crippen molar-refractivity contribution in [2.24, 2.45) is 0 Å². The molecule has 15 heavy (non-hydrogen) atoms. The highest BCUT2D eigenvalue weighted by atomic mass is 32.2. The summed E-state index contributed by atoms with van der Waals surface area (Å²) in [6.45, 7) is 0. The molecule has 0 spiro atoms.